The summed E-state index contributed by atoms with van der Waals surface area (Å²) in [5.74, 6) is 0.862. The predicted molar refractivity (Wildman–Crippen MR) is 67.2 cm³/mol. The van der Waals surface area contributed by atoms with Gasteiger partial charge in [0.05, 0.1) is 18.4 Å². The minimum atomic E-state index is -0.629. The highest BCUT2D eigenvalue weighted by Crippen LogP contribution is 2.27. The molecule has 0 amide bonds. The number of hydrogen-bond acceptors (Lipinski definition) is 3. The lowest BCUT2D eigenvalue weighted by Crippen LogP contribution is -2.28. The second kappa shape index (κ2) is 5.21. The highest BCUT2D eigenvalue weighted by molar-refractivity contribution is 5.57. The number of benzene rings is 1. The van der Waals surface area contributed by atoms with Crippen molar-refractivity contribution in [2.75, 3.05) is 25.6 Å². The van der Waals surface area contributed by atoms with E-state index in [4.69, 9.17) is 4.74 Å². The summed E-state index contributed by atoms with van der Waals surface area (Å²) >= 11 is 0. The van der Waals surface area contributed by atoms with Gasteiger partial charge in [0.2, 0.25) is 0 Å². The maximum Gasteiger partial charge on any atom is 0.142 e. The zero-order valence-corrected chi connectivity index (χ0v) is 10.5. The van der Waals surface area contributed by atoms with Gasteiger partial charge in [0.25, 0.3) is 0 Å². The Bertz CT molecular complexity index is 331. The third-order valence-corrected chi connectivity index (χ3v) is 2.56. The van der Waals surface area contributed by atoms with Crippen molar-refractivity contribution in [2.24, 2.45) is 0 Å². The summed E-state index contributed by atoms with van der Waals surface area (Å²) in [4.78, 5) is 2.09. The van der Waals surface area contributed by atoms with Crippen LogP contribution in [-0.4, -0.2) is 31.4 Å². The average molecular weight is 223 g/mol. The quantitative estimate of drug-likeness (QED) is 0.831. The van der Waals surface area contributed by atoms with Crippen molar-refractivity contribution in [3.63, 3.8) is 0 Å². The molecule has 0 radical (unpaired) electrons. The normalized spacial score (nSPS) is 11.3. The largest absolute Gasteiger partial charge is 0.495 e. The molecular formula is C13H21NO2. The van der Waals surface area contributed by atoms with Crippen molar-refractivity contribution in [3.8, 4) is 5.75 Å². The monoisotopic (exact) mass is 223 g/mol. The van der Waals surface area contributed by atoms with Crippen molar-refractivity contribution in [3.05, 3.63) is 24.3 Å². The van der Waals surface area contributed by atoms with Gasteiger partial charge in [0.15, 0.2) is 0 Å². The van der Waals surface area contributed by atoms with Crippen LogP contribution >= 0.6 is 0 Å². The van der Waals surface area contributed by atoms with E-state index in [9.17, 15) is 5.11 Å². The smallest absolute Gasteiger partial charge is 0.142 e. The lowest BCUT2D eigenvalue weighted by molar-refractivity contribution is 0.0733. The number of para-hydroxylation sites is 2. The van der Waals surface area contributed by atoms with E-state index in [1.54, 1.807) is 7.11 Å². The molecule has 3 heteroatoms. The van der Waals surface area contributed by atoms with Crippen molar-refractivity contribution in [2.45, 2.75) is 25.9 Å². The van der Waals surface area contributed by atoms with E-state index in [-0.39, 0.29) is 0 Å². The number of ether oxygens (including phenoxy) is 1. The summed E-state index contributed by atoms with van der Waals surface area (Å²) in [6.07, 6.45) is 0.724. The lowest BCUT2D eigenvalue weighted by atomic mass is 10.1. The molecule has 0 atom stereocenters. The van der Waals surface area contributed by atoms with Crippen molar-refractivity contribution in [1.82, 2.24) is 0 Å². The van der Waals surface area contributed by atoms with Gasteiger partial charge < -0.3 is 14.7 Å². The van der Waals surface area contributed by atoms with Gasteiger partial charge in [0, 0.05) is 13.6 Å². The van der Waals surface area contributed by atoms with Gasteiger partial charge in [-0.3, -0.25) is 0 Å². The van der Waals surface area contributed by atoms with Gasteiger partial charge in [0.1, 0.15) is 5.75 Å². The second-order valence-corrected chi connectivity index (χ2v) is 4.66. The fraction of sp³-hybridized carbons (Fsp3) is 0.538. The molecule has 0 saturated heterocycles. The van der Waals surface area contributed by atoms with E-state index in [0.717, 1.165) is 24.4 Å². The number of methoxy groups -OCH3 is 1. The maximum absolute atomic E-state index is 9.68. The molecule has 0 unspecified atom stereocenters. The number of aliphatic hydroxyl groups is 1. The van der Waals surface area contributed by atoms with Crippen molar-refractivity contribution >= 4 is 5.69 Å². The molecule has 1 aromatic rings. The van der Waals surface area contributed by atoms with E-state index in [1.807, 2.05) is 45.2 Å². The molecule has 90 valence electrons. The molecule has 0 aliphatic carbocycles. The number of hydrogen-bond donors (Lipinski definition) is 1. The first-order valence-corrected chi connectivity index (χ1v) is 5.50. The van der Waals surface area contributed by atoms with E-state index in [0.29, 0.717) is 0 Å². The summed E-state index contributed by atoms with van der Waals surface area (Å²) in [6.45, 7) is 4.44. The van der Waals surface area contributed by atoms with Crippen molar-refractivity contribution in [1.29, 1.82) is 0 Å². The molecule has 0 heterocycles. The second-order valence-electron chi connectivity index (χ2n) is 4.66. The highest BCUT2D eigenvalue weighted by atomic mass is 16.5. The highest BCUT2D eigenvalue weighted by Gasteiger charge is 2.14. The molecule has 0 spiro atoms. The maximum atomic E-state index is 9.68. The first-order valence-electron chi connectivity index (χ1n) is 5.50. The number of anilines is 1. The molecule has 0 saturated carbocycles. The standard InChI is InChI=1S/C13H21NO2/c1-13(2,15)9-10-14(3)11-7-5-6-8-12(11)16-4/h5-8,15H,9-10H2,1-4H3. The molecular weight excluding hydrogens is 202 g/mol. The van der Waals surface area contributed by atoms with Crippen LogP contribution in [0.15, 0.2) is 24.3 Å². The molecule has 0 aliphatic rings. The summed E-state index contributed by atoms with van der Waals surface area (Å²) in [5.41, 5.74) is 0.422. The Morgan fingerprint density at radius 2 is 1.94 bits per heavy atom. The van der Waals surface area contributed by atoms with Gasteiger partial charge in [-0.25, -0.2) is 0 Å². The Morgan fingerprint density at radius 1 is 1.31 bits per heavy atom. The molecule has 1 rings (SSSR count). The SMILES string of the molecule is COc1ccccc1N(C)CCC(C)(C)O. The van der Waals surface area contributed by atoms with Crippen LogP contribution < -0.4 is 9.64 Å². The summed E-state index contributed by atoms with van der Waals surface area (Å²) in [7, 11) is 3.67. The molecule has 0 aliphatic heterocycles. The van der Waals surface area contributed by atoms with Gasteiger partial charge in [-0.15, -0.1) is 0 Å². The zero-order valence-electron chi connectivity index (χ0n) is 10.5. The van der Waals surface area contributed by atoms with Gasteiger partial charge in [-0.05, 0) is 32.4 Å². The van der Waals surface area contributed by atoms with Gasteiger partial charge >= 0.3 is 0 Å². The van der Waals surface area contributed by atoms with Crippen LogP contribution in [0.1, 0.15) is 20.3 Å². The first kappa shape index (κ1) is 12.8. The van der Waals surface area contributed by atoms with Crippen LogP contribution in [0.25, 0.3) is 0 Å². The lowest BCUT2D eigenvalue weighted by Gasteiger charge is -2.25. The molecule has 16 heavy (non-hydrogen) atoms. The van der Waals surface area contributed by atoms with E-state index in [1.165, 1.54) is 0 Å². The fourth-order valence-electron chi connectivity index (χ4n) is 1.51. The minimum Gasteiger partial charge on any atom is -0.495 e. The number of rotatable bonds is 5. The van der Waals surface area contributed by atoms with Crippen LogP contribution in [0.4, 0.5) is 5.69 Å². The van der Waals surface area contributed by atoms with Crippen molar-refractivity contribution < 1.29 is 9.84 Å². The molecule has 3 nitrogen and oxygen atoms in total. The Balaban J connectivity index is 2.69. The first-order chi connectivity index (χ1) is 7.44. The van der Waals surface area contributed by atoms with Gasteiger partial charge in [-0.1, -0.05) is 12.1 Å². The predicted octanol–water partition coefficient (Wildman–Crippen LogP) is 2.29. The minimum absolute atomic E-state index is 0.629. The van der Waals surface area contributed by atoms with E-state index < -0.39 is 5.60 Å². The molecule has 1 aromatic carbocycles. The van der Waals surface area contributed by atoms with Crippen LogP contribution in [0.3, 0.4) is 0 Å². The van der Waals surface area contributed by atoms with Crippen LogP contribution in [0.2, 0.25) is 0 Å². The topological polar surface area (TPSA) is 32.7 Å². The molecule has 0 bridgehead atoms. The van der Waals surface area contributed by atoms with Crippen LogP contribution in [0.5, 0.6) is 5.75 Å². The van der Waals surface area contributed by atoms with E-state index >= 15 is 0 Å². The Kier molecular flexibility index (Phi) is 4.19. The molecule has 0 aromatic heterocycles. The zero-order chi connectivity index (χ0) is 12.2. The molecule has 1 N–H and O–H groups in total. The van der Waals surface area contributed by atoms with E-state index in [2.05, 4.69) is 4.90 Å². The summed E-state index contributed by atoms with van der Waals surface area (Å²) in [6, 6.07) is 7.89. The Morgan fingerprint density at radius 3 is 2.50 bits per heavy atom. The number of nitrogens with zero attached hydrogens (tertiary/aromatic N) is 1. The fourth-order valence-corrected chi connectivity index (χ4v) is 1.51. The Labute approximate surface area is 97.7 Å². The average Bonchev–Trinajstić information content (AvgIpc) is 2.25. The third-order valence-electron chi connectivity index (χ3n) is 2.56. The Hall–Kier alpha value is -1.22. The summed E-state index contributed by atoms with van der Waals surface area (Å²) in [5, 5.41) is 9.68. The summed E-state index contributed by atoms with van der Waals surface area (Å²) < 4.78 is 5.29. The van der Waals surface area contributed by atoms with Crippen LogP contribution in [0, 0.1) is 0 Å². The van der Waals surface area contributed by atoms with Gasteiger partial charge in [-0.2, -0.15) is 0 Å². The third kappa shape index (κ3) is 3.74. The van der Waals surface area contributed by atoms with Crippen LogP contribution in [-0.2, 0) is 0 Å². The molecule has 0 fully saturated rings.